The van der Waals surface area contributed by atoms with Gasteiger partial charge in [0.2, 0.25) is 17.7 Å². The largest absolute Gasteiger partial charge is 0.497 e. The molecule has 2 N–H and O–H groups in total. The van der Waals surface area contributed by atoms with Crippen molar-refractivity contribution in [2.45, 2.75) is 58.0 Å². The number of amides is 3. The van der Waals surface area contributed by atoms with E-state index in [0.29, 0.717) is 17.0 Å². The zero-order chi connectivity index (χ0) is 27.3. The number of aromatic nitrogens is 3. The summed E-state index contributed by atoms with van der Waals surface area (Å²) in [7, 11) is 1.65. The Balaban J connectivity index is 1.37. The number of fused-ring (bicyclic) bond motifs is 4. The Bertz CT molecular complexity index is 1730. The van der Waals surface area contributed by atoms with Gasteiger partial charge in [0.1, 0.15) is 24.2 Å². The van der Waals surface area contributed by atoms with E-state index in [4.69, 9.17) is 4.74 Å². The van der Waals surface area contributed by atoms with Gasteiger partial charge >= 0.3 is 0 Å². The molecule has 6 rings (SSSR count). The van der Waals surface area contributed by atoms with Crippen LogP contribution in [-0.4, -0.2) is 38.9 Å². The van der Waals surface area contributed by atoms with Gasteiger partial charge in [-0.2, -0.15) is 0 Å². The summed E-state index contributed by atoms with van der Waals surface area (Å²) < 4.78 is 8.83. The Morgan fingerprint density at radius 3 is 2.74 bits per heavy atom. The molecule has 1 atom stereocenters. The topological polar surface area (TPSA) is 124 Å². The zero-order valence-electron chi connectivity index (χ0n) is 21.9. The molecule has 0 bridgehead atoms. The van der Waals surface area contributed by atoms with Crippen molar-refractivity contribution >= 4 is 45.2 Å². The molecule has 2 aromatic carbocycles. The van der Waals surface area contributed by atoms with Crippen LogP contribution in [0, 0.1) is 6.92 Å². The summed E-state index contributed by atoms with van der Waals surface area (Å²) in [6, 6.07) is 10.2. The lowest BCUT2D eigenvalue weighted by Gasteiger charge is -2.24. The van der Waals surface area contributed by atoms with Gasteiger partial charge < -0.3 is 14.6 Å². The molecule has 1 aliphatic carbocycles. The van der Waals surface area contributed by atoms with Crippen LogP contribution in [0.1, 0.15) is 48.8 Å². The minimum Gasteiger partial charge on any atom is -0.497 e. The Morgan fingerprint density at radius 2 is 1.95 bits per heavy atom. The maximum atomic E-state index is 13.7. The van der Waals surface area contributed by atoms with Gasteiger partial charge in [-0.1, -0.05) is 6.07 Å². The molecule has 1 fully saturated rings. The second kappa shape index (κ2) is 9.68. The van der Waals surface area contributed by atoms with E-state index in [1.54, 1.807) is 32.2 Å². The van der Waals surface area contributed by atoms with Gasteiger partial charge in [-0.05, 0) is 74.9 Å². The number of hydrogen-bond donors (Lipinski definition) is 2. The monoisotopic (exact) mass is 527 g/mol. The number of nitrogens with zero attached hydrogens (tertiary/aromatic N) is 3. The number of benzene rings is 2. The average molecular weight is 528 g/mol. The fourth-order valence-corrected chi connectivity index (χ4v) is 6.01. The molecular weight excluding hydrogens is 498 g/mol. The Hall–Kier alpha value is -4.47. The third-order valence-corrected chi connectivity index (χ3v) is 7.79. The van der Waals surface area contributed by atoms with Gasteiger partial charge in [0.15, 0.2) is 0 Å². The van der Waals surface area contributed by atoms with Crippen LogP contribution in [0.5, 0.6) is 5.75 Å². The second-order valence-electron chi connectivity index (χ2n) is 10.2. The number of nitrogens with one attached hydrogen (secondary N) is 2. The lowest BCUT2D eigenvalue weighted by molar-refractivity contribution is -0.135. The standard InChI is InChI=1S/C29H29N5O5/c1-16-30-20-7-5-8-21(27(20)29(38)34(16)24-12-13-25(35)32-28(24)37)31-26(36)15-33-22-9-4-3-6-18(22)19-14-17(39-2)10-11-23(19)33/h5,7-8,10-11,14,24H,3-4,6,9,12-13,15H2,1-2H3,(H,31,36)(H,32,35,37). The summed E-state index contributed by atoms with van der Waals surface area (Å²) in [4.78, 5) is 55.9. The van der Waals surface area contributed by atoms with Crippen molar-refractivity contribution in [1.29, 1.82) is 0 Å². The highest BCUT2D eigenvalue weighted by Crippen LogP contribution is 2.34. The number of aryl methyl sites for hydroxylation is 2. The Morgan fingerprint density at radius 1 is 1.13 bits per heavy atom. The molecule has 2 aliphatic rings. The zero-order valence-corrected chi connectivity index (χ0v) is 21.9. The lowest BCUT2D eigenvalue weighted by Crippen LogP contribution is -2.45. The third-order valence-electron chi connectivity index (χ3n) is 7.79. The molecule has 1 aliphatic heterocycles. The highest BCUT2D eigenvalue weighted by Gasteiger charge is 2.31. The number of hydrogen-bond acceptors (Lipinski definition) is 6. The fourth-order valence-electron chi connectivity index (χ4n) is 6.01. The molecule has 0 spiro atoms. The van der Waals surface area contributed by atoms with Gasteiger partial charge in [0, 0.05) is 23.0 Å². The van der Waals surface area contributed by atoms with E-state index >= 15 is 0 Å². The maximum Gasteiger partial charge on any atom is 0.264 e. The summed E-state index contributed by atoms with van der Waals surface area (Å²) in [5, 5.41) is 6.57. The van der Waals surface area contributed by atoms with Crippen molar-refractivity contribution in [3.63, 3.8) is 0 Å². The molecule has 2 aromatic heterocycles. The molecular formula is C29H29N5O5. The van der Waals surface area contributed by atoms with Crippen LogP contribution in [0.4, 0.5) is 5.69 Å². The van der Waals surface area contributed by atoms with Crippen molar-refractivity contribution in [3.8, 4) is 5.75 Å². The van der Waals surface area contributed by atoms with Crippen molar-refractivity contribution in [3.05, 3.63) is 63.8 Å². The number of imide groups is 1. The van der Waals surface area contributed by atoms with E-state index < -0.39 is 17.5 Å². The summed E-state index contributed by atoms with van der Waals surface area (Å²) in [6.07, 6.45) is 4.38. The molecule has 1 saturated heterocycles. The Kier molecular flexibility index (Phi) is 6.17. The number of anilines is 1. The first-order valence-corrected chi connectivity index (χ1v) is 13.2. The van der Waals surface area contributed by atoms with Crippen molar-refractivity contribution in [1.82, 2.24) is 19.4 Å². The maximum absolute atomic E-state index is 13.7. The molecule has 10 heteroatoms. The van der Waals surface area contributed by atoms with E-state index in [2.05, 4.69) is 20.2 Å². The summed E-state index contributed by atoms with van der Waals surface area (Å²) in [6.45, 7) is 1.75. The van der Waals surface area contributed by atoms with Gasteiger partial charge in [0.05, 0.1) is 23.7 Å². The predicted molar refractivity (Wildman–Crippen MR) is 146 cm³/mol. The van der Waals surface area contributed by atoms with Crippen molar-refractivity contribution < 1.29 is 19.1 Å². The summed E-state index contributed by atoms with van der Waals surface area (Å²) >= 11 is 0. The second-order valence-corrected chi connectivity index (χ2v) is 10.2. The first-order valence-electron chi connectivity index (χ1n) is 13.2. The number of rotatable bonds is 5. The minimum atomic E-state index is -0.842. The van der Waals surface area contributed by atoms with E-state index in [0.717, 1.165) is 48.0 Å². The highest BCUT2D eigenvalue weighted by molar-refractivity contribution is 6.02. The molecule has 3 amide bonds. The number of carbonyl (C=O) groups excluding carboxylic acids is 3. The van der Waals surface area contributed by atoms with Crippen LogP contribution in [0.15, 0.2) is 41.2 Å². The first kappa shape index (κ1) is 24.8. The van der Waals surface area contributed by atoms with Crippen LogP contribution < -0.4 is 20.9 Å². The average Bonchev–Trinajstić information content (AvgIpc) is 3.22. The number of piperidine rings is 1. The van der Waals surface area contributed by atoms with Crippen LogP contribution in [0.3, 0.4) is 0 Å². The molecule has 0 radical (unpaired) electrons. The minimum absolute atomic E-state index is 0.0924. The molecule has 10 nitrogen and oxygen atoms in total. The van der Waals surface area contributed by atoms with Gasteiger partial charge in [0.25, 0.3) is 5.56 Å². The van der Waals surface area contributed by atoms with Crippen molar-refractivity contribution in [2.75, 3.05) is 12.4 Å². The van der Waals surface area contributed by atoms with Gasteiger partial charge in [-0.15, -0.1) is 0 Å². The highest BCUT2D eigenvalue weighted by atomic mass is 16.5. The number of carbonyl (C=O) groups is 3. The smallest absolute Gasteiger partial charge is 0.264 e. The van der Waals surface area contributed by atoms with Crippen LogP contribution in [0.2, 0.25) is 0 Å². The molecule has 4 aromatic rings. The SMILES string of the molecule is COc1ccc2c(c1)c1c(n2CC(=O)Nc2cccc3nc(C)n(C4CCC(=O)NC4=O)c(=O)c23)CCCC1. The molecule has 0 saturated carbocycles. The number of ether oxygens (including phenoxy) is 1. The molecule has 39 heavy (non-hydrogen) atoms. The number of methoxy groups -OCH3 is 1. The van der Waals surface area contributed by atoms with Crippen LogP contribution >= 0.6 is 0 Å². The summed E-state index contributed by atoms with van der Waals surface area (Å²) in [5.41, 5.74) is 3.74. The molecule has 200 valence electrons. The quantitative estimate of drug-likeness (QED) is 0.384. The summed E-state index contributed by atoms with van der Waals surface area (Å²) in [5.74, 6) is -0.00684. The Labute approximate surface area is 224 Å². The van der Waals surface area contributed by atoms with Crippen LogP contribution in [0.25, 0.3) is 21.8 Å². The van der Waals surface area contributed by atoms with E-state index in [1.165, 1.54) is 10.1 Å². The van der Waals surface area contributed by atoms with Crippen molar-refractivity contribution in [2.24, 2.45) is 0 Å². The third kappa shape index (κ3) is 4.25. The first-order chi connectivity index (χ1) is 18.9. The molecule has 3 heterocycles. The van der Waals surface area contributed by atoms with E-state index in [9.17, 15) is 19.2 Å². The molecule has 1 unspecified atom stereocenters. The van der Waals surface area contributed by atoms with E-state index in [1.807, 2.05) is 18.2 Å². The fraction of sp³-hybridized carbons (Fsp3) is 0.345. The van der Waals surface area contributed by atoms with Crippen LogP contribution in [-0.2, 0) is 33.8 Å². The van der Waals surface area contributed by atoms with Gasteiger partial charge in [-0.3, -0.25) is 29.1 Å². The lowest BCUT2D eigenvalue weighted by atomic mass is 9.95. The predicted octanol–water partition coefficient (Wildman–Crippen LogP) is 3.16. The van der Waals surface area contributed by atoms with Gasteiger partial charge in [-0.25, -0.2) is 4.98 Å². The normalized spacial score (nSPS) is 17.2. The van der Waals surface area contributed by atoms with E-state index in [-0.39, 0.29) is 36.6 Å².